The van der Waals surface area contributed by atoms with Crippen molar-refractivity contribution >= 4 is 0 Å². The highest BCUT2D eigenvalue weighted by Gasteiger charge is 2.17. The van der Waals surface area contributed by atoms with Crippen LogP contribution in [0.3, 0.4) is 0 Å². The van der Waals surface area contributed by atoms with E-state index in [1.807, 2.05) is 19.1 Å². The number of halogens is 1. The summed E-state index contributed by atoms with van der Waals surface area (Å²) in [4.78, 5) is 9.43. The number of rotatable bonds is 6. The van der Waals surface area contributed by atoms with Gasteiger partial charge < -0.3 is 9.64 Å². The molecule has 1 aliphatic rings. The minimum atomic E-state index is -0.288. The maximum atomic E-state index is 13.8. The fourth-order valence-electron chi connectivity index (χ4n) is 3.25. The predicted octanol–water partition coefficient (Wildman–Crippen LogP) is 2.90. The minimum Gasteiger partial charge on any atom is -0.494 e. The molecule has 2 heterocycles. The van der Waals surface area contributed by atoms with E-state index in [0.717, 1.165) is 62.6 Å². The van der Waals surface area contributed by atoms with Crippen LogP contribution in [0.5, 0.6) is 5.75 Å². The van der Waals surface area contributed by atoms with Gasteiger partial charge in [-0.15, -0.1) is 0 Å². The summed E-state index contributed by atoms with van der Waals surface area (Å²) in [6.45, 7) is 7.97. The molecule has 0 atom stereocenters. The van der Waals surface area contributed by atoms with Gasteiger partial charge in [0.25, 0.3) is 0 Å². The van der Waals surface area contributed by atoms with E-state index in [0.29, 0.717) is 5.75 Å². The second-order valence-corrected chi connectivity index (χ2v) is 6.61. The van der Waals surface area contributed by atoms with Gasteiger partial charge in [-0.2, -0.15) is 0 Å². The fraction of sp³-hybridized carbons (Fsp3) is 0.450. The maximum Gasteiger partial charge on any atom is 0.165 e. The number of aromatic nitrogens is 1. The molecule has 0 radical (unpaired) electrons. The molecule has 0 aliphatic carbocycles. The van der Waals surface area contributed by atoms with E-state index in [4.69, 9.17) is 4.74 Å². The molecule has 4 nitrogen and oxygen atoms in total. The number of piperazine rings is 1. The quantitative estimate of drug-likeness (QED) is 0.806. The molecule has 0 spiro atoms. The molecule has 0 amide bonds. The Morgan fingerprint density at radius 1 is 1.08 bits per heavy atom. The number of benzene rings is 1. The van der Waals surface area contributed by atoms with Gasteiger partial charge in [-0.25, -0.2) is 4.39 Å². The van der Waals surface area contributed by atoms with E-state index in [2.05, 4.69) is 26.9 Å². The monoisotopic (exact) mass is 343 g/mol. The predicted molar refractivity (Wildman–Crippen MR) is 97.3 cm³/mol. The highest BCUT2D eigenvalue weighted by atomic mass is 19.1. The van der Waals surface area contributed by atoms with Crippen LogP contribution < -0.4 is 4.74 Å². The fourth-order valence-corrected chi connectivity index (χ4v) is 3.25. The average molecular weight is 343 g/mol. The van der Waals surface area contributed by atoms with Gasteiger partial charge in [0, 0.05) is 57.1 Å². The number of pyridine rings is 1. The van der Waals surface area contributed by atoms with Gasteiger partial charge in [-0.1, -0.05) is 12.1 Å². The van der Waals surface area contributed by atoms with Crippen LogP contribution in [0.1, 0.15) is 17.0 Å². The summed E-state index contributed by atoms with van der Waals surface area (Å²) in [5, 5.41) is 0. The van der Waals surface area contributed by atoms with E-state index in [9.17, 15) is 4.39 Å². The van der Waals surface area contributed by atoms with Crippen molar-refractivity contribution in [1.82, 2.24) is 14.8 Å². The van der Waals surface area contributed by atoms with E-state index in [-0.39, 0.29) is 5.82 Å². The van der Waals surface area contributed by atoms with Crippen LogP contribution in [0.15, 0.2) is 36.4 Å². The van der Waals surface area contributed by atoms with Gasteiger partial charge in [0.2, 0.25) is 0 Å². The Balaban J connectivity index is 1.44. The molecule has 1 aliphatic heterocycles. The van der Waals surface area contributed by atoms with Crippen molar-refractivity contribution in [2.45, 2.75) is 19.9 Å². The highest BCUT2D eigenvalue weighted by Crippen LogP contribution is 2.19. The zero-order valence-corrected chi connectivity index (χ0v) is 15.0. The second-order valence-electron chi connectivity index (χ2n) is 6.61. The summed E-state index contributed by atoms with van der Waals surface area (Å²) in [7, 11) is 1.49. The van der Waals surface area contributed by atoms with Crippen LogP contribution >= 0.6 is 0 Å². The Hall–Kier alpha value is -1.98. The zero-order valence-electron chi connectivity index (χ0n) is 15.0. The van der Waals surface area contributed by atoms with E-state index in [1.54, 1.807) is 12.1 Å². The van der Waals surface area contributed by atoms with Gasteiger partial charge in [0.05, 0.1) is 7.11 Å². The number of methoxy groups -OCH3 is 1. The largest absolute Gasteiger partial charge is 0.494 e. The van der Waals surface area contributed by atoms with Crippen molar-refractivity contribution in [3.05, 3.63) is 59.2 Å². The Morgan fingerprint density at radius 2 is 1.84 bits per heavy atom. The van der Waals surface area contributed by atoms with Crippen LogP contribution in [0.4, 0.5) is 4.39 Å². The van der Waals surface area contributed by atoms with Crippen molar-refractivity contribution in [3.63, 3.8) is 0 Å². The smallest absolute Gasteiger partial charge is 0.165 e. The molecule has 3 rings (SSSR count). The van der Waals surface area contributed by atoms with Crippen molar-refractivity contribution in [1.29, 1.82) is 0 Å². The second kappa shape index (κ2) is 8.41. The van der Waals surface area contributed by atoms with Crippen molar-refractivity contribution in [2.24, 2.45) is 0 Å². The maximum absolute atomic E-state index is 13.8. The standard InChI is InChI=1S/C20H26FN3O/c1-16-4-3-5-18(22-16)8-9-23-10-12-24(13-11-23)15-17-6-7-20(25-2)19(21)14-17/h3-7,14H,8-13,15H2,1-2H3. The number of ether oxygens (including phenoxy) is 1. The van der Waals surface area contributed by atoms with Gasteiger partial charge >= 0.3 is 0 Å². The normalized spacial score (nSPS) is 16.1. The van der Waals surface area contributed by atoms with Crippen LogP contribution in [-0.4, -0.2) is 54.6 Å². The van der Waals surface area contributed by atoms with E-state index < -0.39 is 0 Å². The third-order valence-corrected chi connectivity index (χ3v) is 4.72. The molecule has 5 heteroatoms. The Kier molecular flexibility index (Phi) is 6.00. The zero-order chi connectivity index (χ0) is 17.6. The van der Waals surface area contributed by atoms with Crippen molar-refractivity contribution < 1.29 is 9.13 Å². The Bertz CT molecular complexity index is 699. The van der Waals surface area contributed by atoms with Crippen molar-refractivity contribution in [3.8, 4) is 5.75 Å². The molecule has 0 unspecified atom stereocenters. The van der Waals surface area contributed by atoms with E-state index >= 15 is 0 Å². The lowest BCUT2D eigenvalue weighted by molar-refractivity contribution is 0.128. The number of aryl methyl sites for hydroxylation is 1. The lowest BCUT2D eigenvalue weighted by atomic mass is 10.1. The molecule has 0 saturated carbocycles. The lowest BCUT2D eigenvalue weighted by Gasteiger charge is -2.34. The third-order valence-electron chi connectivity index (χ3n) is 4.72. The van der Waals surface area contributed by atoms with Crippen LogP contribution in [0.25, 0.3) is 0 Å². The molecule has 134 valence electrons. The summed E-state index contributed by atoms with van der Waals surface area (Å²) in [6.07, 6.45) is 0.991. The summed E-state index contributed by atoms with van der Waals surface area (Å²) < 4.78 is 18.8. The topological polar surface area (TPSA) is 28.6 Å². The molecular weight excluding hydrogens is 317 g/mol. The van der Waals surface area contributed by atoms with Gasteiger partial charge in [-0.3, -0.25) is 9.88 Å². The summed E-state index contributed by atoms with van der Waals surface area (Å²) >= 11 is 0. The Labute approximate surface area is 149 Å². The third kappa shape index (κ3) is 5.00. The molecule has 1 saturated heterocycles. The molecule has 1 aromatic carbocycles. The van der Waals surface area contributed by atoms with Crippen LogP contribution in [0.2, 0.25) is 0 Å². The first kappa shape index (κ1) is 17.8. The summed E-state index contributed by atoms with van der Waals surface area (Å²) in [5.74, 6) is 0.0163. The average Bonchev–Trinajstić information content (AvgIpc) is 2.61. The first-order valence-electron chi connectivity index (χ1n) is 8.84. The Morgan fingerprint density at radius 3 is 2.52 bits per heavy atom. The molecule has 0 bridgehead atoms. The van der Waals surface area contributed by atoms with Gasteiger partial charge in [0.15, 0.2) is 11.6 Å². The number of hydrogen-bond donors (Lipinski definition) is 0. The SMILES string of the molecule is COc1ccc(CN2CCN(CCc3cccc(C)n3)CC2)cc1F. The van der Waals surface area contributed by atoms with Gasteiger partial charge in [-0.05, 0) is 36.8 Å². The first-order valence-corrected chi connectivity index (χ1v) is 8.84. The lowest BCUT2D eigenvalue weighted by Crippen LogP contribution is -2.46. The molecule has 1 aromatic heterocycles. The van der Waals surface area contributed by atoms with E-state index in [1.165, 1.54) is 7.11 Å². The molecule has 25 heavy (non-hydrogen) atoms. The molecule has 2 aromatic rings. The molecule has 0 N–H and O–H groups in total. The number of hydrogen-bond acceptors (Lipinski definition) is 4. The first-order chi connectivity index (χ1) is 12.1. The summed E-state index contributed by atoms with van der Waals surface area (Å²) in [6, 6.07) is 11.4. The van der Waals surface area contributed by atoms with Crippen LogP contribution in [0, 0.1) is 12.7 Å². The van der Waals surface area contributed by atoms with Crippen LogP contribution in [-0.2, 0) is 13.0 Å². The van der Waals surface area contributed by atoms with Gasteiger partial charge in [0.1, 0.15) is 0 Å². The summed E-state index contributed by atoms with van der Waals surface area (Å²) in [5.41, 5.74) is 3.24. The molecule has 1 fully saturated rings. The number of nitrogens with zero attached hydrogens (tertiary/aromatic N) is 3. The molecular formula is C20H26FN3O. The van der Waals surface area contributed by atoms with Crippen molar-refractivity contribution in [2.75, 3.05) is 39.8 Å². The minimum absolute atomic E-state index is 0.288. The highest BCUT2D eigenvalue weighted by molar-refractivity contribution is 5.29.